The summed E-state index contributed by atoms with van der Waals surface area (Å²) in [6.45, 7) is 0.905. The zero-order chi connectivity index (χ0) is 25.0. The Morgan fingerprint density at radius 2 is 1.94 bits per heavy atom. The molecule has 2 aromatic rings. The fourth-order valence-corrected chi connectivity index (χ4v) is 5.46. The Morgan fingerprint density at radius 1 is 1.20 bits per heavy atom. The van der Waals surface area contributed by atoms with E-state index in [0.29, 0.717) is 24.0 Å². The minimum atomic E-state index is -4.63. The zero-order valence-electron chi connectivity index (χ0n) is 18.9. The van der Waals surface area contributed by atoms with Gasteiger partial charge in [-0.15, -0.1) is 0 Å². The number of nitriles is 1. The molecule has 0 bridgehead atoms. The van der Waals surface area contributed by atoms with Crippen LogP contribution in [-0.4, -0.2) is 72.0 Å². The topological polar surface area (TPSA) is 115 Å². The fraction of sp³-hybridized carbons (Fsp3) is 0.545. The standard InChI is InChI=1S/C22H24F3N7O3/c1-30-8-5-15(6-9-30)35-19(34)29-28-18(33)20-11-21(20,22(23,24)25)13-31(12-20)16-3-2-14(10-26)32-17(16)4-7-27-32/h2-4,7,15H,5-6,8-9,11-13H2,1H3,(H,28,33)(H,29,34)/t20-,21-/m0/s1. The maximum Gasteiger partial charge on any atom is 0.426 e. The van der Waals surface area contributed by atoms with Crippen molar-refractivity contribution in [3.63, 3.8) is 0 Å². The summed E-state index contributed by atoms with van der Waals surface area (Å²) >= 11 is 0. The third-order valence-electron chi connectivity index (χ3n) is 7.50. The molecule has 186 valence electrons. The number of hydrogen-bond acceptors (Lipinski definition) is 7. The molecule has 13 heteroatoms. The van der Waals surface area contributed by atoms with Crippen molar-refractivity contribution >= 4 is 23.2 Å². The molecule has 1 aliphatic carbocycles. The van der Waals surface area contributed by atoms with Gasteiger partial charge in [-0.3, -0.25) is 10.2 Å². The maximum atomic E-state index is 14.2. The van der Waals surface area contributed by atoms with Crippen LogP contribution in [0.1, 0.15) is 25.0 Å². The third-order valence-corrected chi connectivity index (χ3v) is 7.50. The van der Waals surface area contributed by atoms with Crippen LogP contribution in [0.3, 0.4) is 0 Å². The second-order valence-electron chi connectivity index (χ2n) is 9.53. The van der Waals surface area contributed by atoms with E-state index in [1.807, 2.05) is 13.1 Å². The molecule has 0 unspecified atom stereocenters. The maximum absolute atomic E-state index is 14.2. The summed E-state index contributed by atoms with van der Waals surface area (Å²) in [6, 6.07) is 6.64. The summed E-state index contributed by atoms with van der Waals surface area (Å²) in [5, 5.41) is 13.3. The van der Waals surface area contributed by atoms with Gasteiger partial charge in [-0.05, 0) is 44.5 Å². The van der Waals surface area contributed by atoms with Crippen molar-refractivity contribution < 1.29 is 27.5 Å². The number of likely N-dealkylation sites (tertiary alicyclic amines) is 1. The van der Waals surface area contributed by atoms with Gasteiger partial charge in [0.15, 0.2) is 0 Å². The molecule has 2 aliphatic heterocycles. The van der Waals surface area contributed by atoms with E-state index in [0.717, 1.165) is 13.1 Å². The first-order chi connectivity index (χ1) is 16.6. The number of nitrogens with zero attached hydrogens (tertiary/aromatic N) is 5. The molecule has 3 fully saturated rings. The second kappa shape index (κ2) is 8.01. The number of amides is 2. The number of rotatable bonds is 3. The number of hydrogen-bond donors (Lipinski definition) is 2. The molecule has 35 heavy (non-hydrogen) atoms. The Balaban J connectivity index is 1.31. The predicted molar refractivity (Wildman–Crippen MR) is 116 cm³/mol. The van der Waals surface area contributed by atoms with Crippen LogP contribution in [0, 0.1) is 22.2 Å². The summed E-state index contributed by atoms with van der Waals surface area (Å²) in [7, 11) is 1.96. The molecule has 5 rings (SSSR count). The van der Waals surface area contributed by atoms with Crippen molar-refractivity contribution in [3.05, 3.63) is 30.1 Å². The van der Waals surface area contributed by atoms with Crippen molar-refractivity contribution in [2.45, 2.75) is 31.5 Å². The average molecular weight is 491 g/mol. The zero-order valence-corrected chi connectivity index (χ0v) is 18.9. The Bertz CT molecular complexity index is 1220. The number of pyridine rings is 1. The molecule has 0 spiro atoms. The average Bonchev–Trinajstić information content (AvgIpc) is 3.12. The van der Waals surface area contributed by atoms with Crippen molar-refractivity contribution in [1.82, 2.24) is 25.4 Å². The van der Waals surface area contributed by atoms with Crippen molar-refractivity contribution in [2.75, 3.05) is 38.1 Å². The van der Waals surface area contributed by atoms with E-state index in [4.69, 9.17) is 4.74 Å². The smallest absolute Gasteiger partial charge is 0.426 e. The number of anilines is 1. The van der Waals surface area contributed by atoms with Gasteiger partial charge in [-0.2, -0.15) is 23.5 Å². The first-order valence-corrected chi connectivity index (χ1v) is 11.2. The molecule has 0 radical (unpaired) electrons. The number of alkyl halides is 3. The van der Waals surface area contributed by atoms with Gasteiger partial charge < -0.3 is 14.5 Å². The van der Waals surface area contributed by atoms with Gasteiger partial charge in [0.05, 0.1) is 22.8 Å². The van der Waals surface area contributed by atoms with Gasteiger partial charge in [0.2, 0.25) is 5.91 Å². The lowest BCUT2D eigenvalue weighted by atomic mass is 9.95. The number of aromatic nitrogens is 2. The molecule has 0 aromatic carbocycles. The van der Waals surface area contributed by atoms with Crippen LogP contribution in [0.5, 0.6) is 0 Å². The first-order valence-electron chi connectivity index (χ1n) is 11.2. The highest BCUT2D eigenvalue weighted by atomic mass is 19.4. The minimum Gasteiger partial charge on any atom is -0.445 e. The Kier molecular flexibility index (Phi) is 5.32. The van der Waals surface area contributed by atoms with E-state index in [1.165, 1.54) is 21.7 Å². The lowest BCUT2D eigenvalue weighted by Gasteiger charge is -2.28. The summed E-state index contributed by atoms with van der Waals surface area (Å²) in [6.07, 6.45) is -3.47. The van der Waals surface area contributed by atoms with Crippen LogP contribution >= 0.6 is 0 Å². The molecule has 1 saturated carbocycles. The molecule has 2 aromatic heterocycles. The second-order valence-corrected chi connectivity index (χ2v) is 9.53. The summed E-state index contributed by atoms with van der Waals surface area (Å²) in [5.74, 6) is -0.907. The van der Waals surface area contributed by atoms with Crippen molar-refractivity contribution in [1.29, 1.82) is 5.26 Å². The van der Waals surface area contributed by atoms with Gasteiger partial charge in [-0.25, -0.2) is 14.7 Å². The van der Waals surface area contributed by atoms with Crippen molar-refractivity contribution in [3.8, 4) is 6.07 Å². The van der Waals surface area contributed by atoms with E-state index in [1.54, 1.807) is 12.1 Å². The van der Waals surface area contributed by atoms with E-state index in [2.05, 4.69) is 20.9 Å². The summed E-state index contributed by atoms with van der Waals surface area (Å²) < 4.78 is 49.3. The van der Waals surface area contributed by atoms with Crippen LogP contribution in [0.4, 0.5) is 23.7 Å². The molecule has 2 N–H and O–H groups in total. The van der Waals surface area contributed by atoms with E-state index < -0.39 is 35.6 Å². The molecular weight excluding hydrogens is 467 g/mol. The SMILES string of the molecule is CN1CCC(OC(=O)NNC(=O)[C@]23CN(c4ccc(C#N)n5nccc45)C[C@@]2(C(F)(F)F)C3)CC1. The Hall–Kier alpha value is -3.53. The molecule has 4 heterocycles. The Morgan fingerprint density at radius 3 is 2.63 bits per heavy atom. The summed E-state index contributed by atoms with van der Waals surface area (Å²) in [5.41, 5.74) is 1.45. The quantitative estimate of drug-likeness (QED) is 0.630. The van der Waals surface area contributed by atoms with E-state index >= 15 is 0 Å². The van der Waals surface area contributed by atoms with Gasteiger partial charge in [0.1, 0.15) is 23.3 Å². The summed E-state index contributed by atoms with van der Waals surface area (Å²) in [4.78, 5) is 28.7. The number of piperidine rings is 2. The number of fused-ring (bicyclic) bond motifs is 2. The van der Waals surface area contributed by atoms with Crippen LogP contribution in [0.15, 0.2) is 24.4 Å². The van der Waals surface area contributed by atoms with Gasteiger partial charge in [0, 0.05) is 26.2 Å². The third kappa shape index (κ3) is 3.63. The number of halogens is 3. The number of ether oxygens (including phenoxy) is 1. The number of nitrogens with one attached hydrogen (secondary N) is 2. The predicted octanol–water partition coefficient (Wildman–Crippen LogP) is 1.82. The van der Waals surface area contributed by atoms with E-state index in [9.17, 15) is 28.0 Å². The molecular formula is C22H24F3N7O3. The van der Waals surface area contributed by atoms with Gasteiger partial charge >= 0.3 is 12.3 Å². The van der Waals surface area contributed by atoms with Crippen LogP contribution in [-0.2, 0) is 9.53 Å². The monoisotopic (exact) mass is 491 g/mol. The number of carbonyl (C=O) groups excluding carboxylic acids is 2. The molecule has 2 saturated heterocycles. The van der Waals surface area contributed by atoms with Crippen LogP contribution < -0.4 is 15.8 Å². The van der Waals surface area contributed by atoms with E-state index in [-0.39, 0.29) is 24.8 Å². The molecule has 2 atom stereocenters. The molecule has 10 nitrogen and oxygen atoms in total. The van der Waals surface area contributed by atoms with Crippen LogP contribution in [0.2, 0.25) is 0 Å². The normalized spacial score (nSPS) is 26.8. The number of hydrazine groups is 1. The van der Waals surface area contributed by atoms with Crippen LogP contribution in [0.25, 0.3) is 5.52 Å². The number of carbonyl (C=O) groups is 2. The minimum absolute atomic E-state index is 0.198. The van der Waals surface area contributed by atoms with Gasteiger partial charge in [-0.1, -0.05) is 0 Å². The van der Waals surface area contributed by atoms with Gasteiger partial charge in [0.25, 0.3) is 0 Å². The fourth-order valence-electron chi connectivity index (χ4n) is 5.46. The largest absolute Gasteiger partial charge is 0.445 e. The molecule has 3 aliphatic rings. The van der Waals surface area contributed by atoms with Crippen molar-refractivity contribution in [2.24, 2.45) is 10.8 Å². The Labute approximate surface area is 198 Å². The first kappa shape index (κ1) is 23.2. The highest BCUT2D eigenvalue weighted by molar-refractivity contribution is 5.91. The lowest BCUT2D eigenvalue weighted by molar-refractivity contribution is -0.191. The molecule has 2 amide bonds. The highest BCUT2D eigenvalue weighted by Gasteiger charge is 2.86. The lowest BCUT2D eigenvalue weighted by Crippen LogP contribution is -2.49. The highest BCUT2D eigenvalue weighted by Crippen LogP contribution is 2.75.